The van der Waals surface area contributed by atoms with Crippen molar-refractivity contribution in [2.24, 2.45) is 0 Å². The summed E-state index contributed by atoms with van der Waals surface area (Å²) in [6.45, 7) is 4.58. The Bertz CT molecular complexity index is 1050. The Balaban J connectivity index is 1.72. The topological polar surface area (TPSA) is 73.6 Å². The first kappa shape index (κ1) is 19.4. The third kappa shape index (κ3) is 3.71. The molecule has 0 spiro atoms. The second-order valence-corrected chi connectivity index (χ2v) is 7.52. The maximum Gasteiger partial charge on any atom is 0.416 e. The summed E-state index contributed by atoms with van der Waals surface area (Å²) in [6.07, 6.45) is -0.404. The summed E-state index contributed by atoms with van der Waals surface area (Å²) in [5.74, 6) is 0.864. The number of fused-ring (bicyclic) bond motifs is 1. The van der Waals surface area contributed by atoms with Crippen molar-refractivity contribution in [3.05, 3.63) is 36.2 Å². The predicted molar refractivity (Wildman–Crippen MR) is 99.8 cm³/mol. The molecule has 0 bridgehead atoms. The first-order valence-electron chi connectivity index (χ1n) is 9.04. The summed E-state index contributed by atoms with van der Waals surface area (Å²) in [7, 11) is 1.31. The summed E-state index contributed by atoms with van der Waals surface area (Å²) in [5.41, 5.74) is -0.116. The Labute approximate surface area is 164 Å². The number of anilines is 1. The lowest BCUT2D eigenvalue weighted by Gasteiger charge is -2.17. The lowest BCUT2D eigenvalue weighted by Crippen LogP contribution is -2.23. The van der Waals surface area contributed by atoms with Gasteiger partial charge < -0.3 is 14.8 Å². The second kappa shape index (κ2) is 6.87. The van der Waals surface area contributed by atoms with Crippen molar-refractivity contribution in [1.82, 2.24) is 19.6 Å². The predicted octanol–water partition coefficient (Wildman–Crippen LogP) is 3.80. The molecule has 0 aliphatic carbocycles. The number of hydrogen-bond acceptors (Lipinski definition) is 6. The molecule has 4 rings (SSSR count). The molecular formula is C19H20F3N5O2. The zero-order chi connectivity index (χ0) is 20.8. The van der Waals surface area contributed by atoms with Crippen LogP contribution in [0.3, 0.4) is 0 Å². The van der Waals surface area contributed by atoms with E-state index in [1.807, 2.05) is 13.8 Å². The van der Waals surface area contributed by atoms with Crippen LogP contribution in [-0.4, -0.2) is 44.9 Å². The van der Waals surface area contributed by atoms with Crippen LogP contribution in [0.25, 0.3) is 17.0 Å². The number of halogens is 3. The van der Waals surface area contributed by atoms with E-state index in [-0.39, 0.29) is 17.4 Å². The van der Waals surface area contributed by atoms with Crippen LogP contribution in [0.4, 0.5) is 19.0 Å². The van der Waals surface area contributed by atoms with Gasteiger partial charge in [-0.05, 0) is 38.5 Å². The number of alkyl halides is 3. The number of nitrogens with zero attached hydrogens (tertiary/aromatic N) is 4. The Morgan fingerprint density at radius 3 is 2.72 bits per heavy atom. The highest BCUT2D eigenvalue weighted by Crippen LogP contribution is 2.37. The monoisotopic (exact) mass is 407 g/mol. The first-order valence-corrected chi connectivity index (χ1v) is 9.04. The van der Waals surface area contributed by atoms with Gasteiger partial charge in [0.1, 0.15) is 5.75 Å². The van der Waals surface area contributed by atoms with E-state index in [1.165, 1.54) is 13.2 Å². The minimum atomic E-state index is -4.47. The van der Waals surface area contributed by atoms with Gasteiger partial charge in [-0.3, -0.25) is 4.40 Å². The van der Waals surface area contributed by atoms with Gasteiger partial charge in [0.2, 0.25) is 0 Å². The smallest absolute Gasteiger partial charge is 0.416 e. The number of nitrogens with one attached hydrogen (secondary N) is 1. The molecular weight excluding hydrogens is 387 g/mol. The quantitative estimate of drug-likeness (QED) is 0.709. The average molecular weight is 407 g/mol. The van der Waals surface area contributed by atoms with E-state index < -0.39 is 11.7 Å². The molecule has 154 valence electrons. The maximum atomic E-state index is 13.0. The van der Waals surface area contributed by atoms with Gasteiger partial charge in [-0.15, -0.1) is 10.2 Å². The fourth-order valence-corrected chi connectivity index (χ4v) is 3.49. The molecule has 0 radical (unpaired) electrons. The molecule has 1 aliphatic heterocycles. The number of aromatic nitrogens is 4. The highest BCUT2D eigenvalue weighted by Gasteiger charge is 2.33. The normalized spacial score (nSPS) is 18.9. The Morgan fingerprint density at radius 2 is 2.07 bits per heavy atom. The van der Waals surface area contributed by atoms with Crippen molar-refractivity contribution in [3.63, 3.8) is 0 Å². The molecule has 1 aromatic carbocycles. The average Bonchev–Trinajstić information content (AvgIpc) is 3.27. The number of rotatable bonds is 4. The third-order valence-corrected chi connectivity index (χ3v) is 4.85. The molecule has 2 aromatic heterocycles. The number of benzene rings is 1. The molecule has 1 N–H and O–H groups in total. The van der Waals surface area contributed by atoms with E-state index >= 15 is 0 Å². The highest BCUT2D eigenvalue weighted by molar-refractivity contribution is 5.71. The lowest BCUT2D eigenvalue weighted by molar-refractivity contribution is -0.137. The minimum Gasteiger partial charge on any atom is -0.496 e. The van der Waals surface area contributed by atoms with Gasteiger partial charge in [-0.25, -0.2) is 4.98 Å². The van der Waals surface area contributed by atoms with Crippen LogP contribution in [0.15, 0.2) is 30.6 Å². The third-order valence-electron chi connectivity index (χ3n) is 4.85. The maximum absolute atomic E-state index is 13.0. The van der Waals surface area contributed by atoms with E-state index in [2.05, 4.69) is 20.5 Å². The van der Waals surface area contributed by atoms with Gasteiger partial charge in [0.05, 0.1) is 36.5 Å². The molecule has 1 fully saturated rings. The van der Waals surface area contributed by atoms with Crippen LogP contribution in [0, 0.1) is 0 Å². The molecule has 1 aliphatic rings. The van der Waals surface area contributed by atoms with Crippen molar-refractivity contribution in [1.29, 1.82) is 0 Å². The molecule has 1 saturated heterocycles. The van der Waals surface area contributed by atoms with Gasteiger partial charge in [-0.1, -0.05) is 0 Å². The van der Waals surface area contributed by atoms with E-state index in [0.717, 1.165) is 18.6 Å². The standard InChI is InChI=1S/C19H20F3N5O2/c1-18(2)9-12(10-29-18)24-15-17-23-6-7-27(17)16(26-25-15)13-5-4-11(19(20,21)22)8-14(13)28-3/h4-8,12H,9-10H2,1-3H3,(H,24,25). The summed E-state index contributed by atoms with van der Waals surface area (Å²) in [6, 6.07) is 3.33. The summed E-state index contributed by atoms with van der Waals surface area (Å²) < 4.78 is 51.7. The van der Waals surface area contributed by atoms with Crippen LogP contribution < -0.4 is 10.1 Å². The van der Waals surface area contributed by atoms with E-state index in [4.69, 9.17) is 9.47 Å². The summed E-state index contributed by atoms with van der Waals surface area (Å²) in [4.78, 5) is 4.33. The van der Waals surface area contributed by atoms with Gasteiger partial charge in [0.15, 0.2) is 17.3 Å². The molecule has 3 heterocycles. The van der Waals surface area contributed by atoms with Crippen molar-refractivity contribution >= 4 is 11.5 Å². The Hall–Kier alpha value is -2.88. The fourth-order valence-electron chi connectivity index (χ4n) is 3.49. The molecule has 0 amide bonds. The SMILES string of the molecule is COc1cc(C(F)(F)F)ccc1-c1nnc(NC2COC(C)(C)C2)c2nccn12. The zero-order valence-corrected chi connectivity index (χ0v) is 16.1. The number of imidazole rings is 1. The molecule has 29 heavy (non-hydrogen) atoms. The lowest BCUT2D eigenvalue weighted by atomic mass is 10.0. The number of hydrogen-bond donors (Lipinski definition) is 1. The molecule has 1 unspecified atom stereocenters. The van der Waals surface area contributed by atoms with E-state index in [0.29, 0.717) is 29.5 Å². The molecule has 1 atom stereocenters. The van der Waals surface area contributed by atoms with Crippen molar-refractivity contribution in [2.75, 3.05) is 19.0 Å². The van der Waals surface area contributed by atoms with Crippen molar-refractivity contribution < 1.29 is 22.6 Å². The minimum absolute atomic E-state index is 0.0516. The zero-order valence-electron chi connectivity index (χ0n) is 16.1. The Kier molecular flexibility index (Phi) is 4.60. The van der Waals surface area contributed by atoms with Crippen LogP contribution in [-0.2, 0) is 10.9 Å². The largest absolute Gasteiger partial charge is 0.496 e. The van der Waals surface area contributed by atoms with Crippen LogP contribution in [0.1, 0.15) is 25.8 Å². The van der Waals surface area contributed by atoms with Crippen LogP contribution >= 0.6 is 0 Å². The molecule has 0 saturated carbocycles. The fraction of sp³-hybridized carbons (Fsp3) is 0.421. The Morgan fingerprint density at radius 1 is 1.28 bits per heavy atom. The highest BCUT2D eigenvalue weighted by atomic mass is 19.4. The molecule has 10 heteroatoms. The van der Waals surface area contributed by atoms with Crippen molar-refractivity contribution in [2.45, 2.75) is 38.1 Å². The second-order valence-electron chi connectivity index (χ2n) is 7.52. The number of methoxy groups -OCH3 is 1. The molecule has 3 aromatic rings. The first-order chi connectivity index (χ1) is 13.7. The van der Waals surface area contributed by atoms with E-state index in [9.17, 15) is 13.2 Å². The van der Waals surface area contributed by atoms with Crippen LogP contribution in [0.5, 0.6) is 5.75 Å². The van der Waals surface area contributed by atoms with Gasteiger partial charge in [0.25, 0.3) is 0 Å². The van der Waals surface area contributed by atoms with Gasteiger partial charge in [0, 0.05) is 12.4 Å². The van der Waals surface area contributed by atoms with E-state index in [1.54, 1.807) is 16.8 Å². The summed E-state index contributed by atoms with van der Waals surface area (Å²) >= 11 is 0. The molecule has 7 nitrogen and oxygen atoms in total. The van der Waals surface area contributed by atoms with Crippen LogP contribution in [0.2, 0.25) is 0 Å². The van der Waals surface area contributed by atoms with Gasteiger partial charge in [-0.2, -0.15) is 13.2 Å². The van der Waals surface area contributed by atoms with Gasteiger partial charge >= 0.3 is 6.18 Å². The summed E-state index contributed by atoms with van der Waals surface area (Å²) in [5, 5.41) is 11.8. The number of ether oxygens (including phenoxy) is 2. The van der Waals surface area contributed by atoms with Crippen molar-refractivity contribution in [3.8, 4) is 17.1 Å².